The summed E-state index contributed by atoms with van der Waals surface area (Å²) in [5, 5.41) is 3.72. The number of hydrogen-bond donors (Lipinski definition) is 2. The van der Waals surface area contributed by atoms with Gasteiger partial charge in [-0.25, -0.2) is 14.0 Å². The normalized spacial score (nSPS) is 11.5. The number of carbonyl (C=O) groups is 3. The Morgan fingerprint density at radius 1 is 1.24 bits per heavy atom. The minimum absolute atomic E-state index is 0.120. The first kappa shape index (κ1) is 17.2. The van der Waals surface area contributed by atoms with E-state index >= 15 is 0 Å². The highest BCUT2D eigenvalue weighted by Crippen LogP contribution is 2.25. The van der Waals surface area contributed by atoms with Crippen molar-refractivity contribution in [2.75, 3.05) is 7.05 Å². The van der Waals surface area contributed by atoms with Gasteiger partial charge in [-0.15, -0.1) is 0 Å². The molecular formula is C12H11Cl2FN2O4. The van der Waals surface area contributed by atoms with Crippen molar-refractivity contribution in [2.45, 2.75) is 13.0 Å². The monoisotopic (exact) mass is 336 g/mol. The highest BCUT2D eigenvalue weighted by molar-refractivity contribution is 6.36. The number of esters is 1. The summed E-state index contributed by atoms with van der Waals surface area (Å²) in [6, 6.07) is 1.10. The molecule has 0 bridgehead atoms. The van der Waals surface area contributed by atoms with Crippen LogP contribution in [0.25, 0.3) is 0 Å². The molecule has 0 saturated carbocycles. The number of amides is 3. The summed E-state index contributed by atoms with van der Waals surface area (Å²) in [6.45, 7) is 1.25. The lowest BCUT2D eigenvalue weighted by molar-refractivity contribution is -0.127. The lowest BCUT2D eigenvalue weighted by atomic mass is 10.2. The minimum atomic E-state index is -1.27. The van der Waals surface area contributed by atoms with Crippen molar-refractivity contribution < 1.29 is 23.5 Å². The smallest absolute Gasteiger partial charge is 0.340 e. The van der Waals surface area contributed by atoms with Crippen molar-refractivity contribution in [1.29, 1.82) is 0 Å². The Kier molecular flexibility index (Phi) is 5.92. The minimum Gasteiger partial charge on any atom is -0.449 e. The van der Waals surface area contributed by atoms with Crippen LogP contribution in [0.5, 0.6) is 0 Å². The molecule has 0 spiro atoms. The molecule has 1 aromatic rings. The van der Waals surface area contributed by atoms with Gasteiger partial charge in [0.1, 0.15) is 5.82 Å². The van der Waals surface area contributed by atoms with Gasteiger partial charge in [-0.3, -0.25) is 10.1 Å². The molecule has 9 heteroatoms. The molecule has 1 rings (SSSR count). The Morgan fingerprint density at radius 3 is 2.43 bits per heavy atom. The van der Waals surface area contributed by atoms with Crippen molar-refractivity contribution in [3.63, 3.8) is 0 Å². The predicted octanol–water partition coefficient (Wildman–Crippen LogP) is 2.13. The van der Waals surface area contributed by atoms with E-state index in [2.05, 4.69) is 5.32 Å². The first-order valence-electron chi connectivity index (χ1n) is 5.64. The molecule has 0 unspecified atom stereocenters. The molecular weight excluding hydrogens is 326 g/mol. The van der Waals surface area contributed by atoms with Crippen LogP contribution in [-0.4, -0.2) is 31.1 Å². The topological polar surface area (TPSA) is 84.5 Å². The highest BCUT2D eigenvalue weighted by atomic mass is 35.5. The number of hydrogen-bond acceptors (Lipinski definition) is 4. The summed E-state index contributed by atoms with van der Waals surface area (Å²) < 4.78 is 18.1. The second kappa shape index (κ2) is 7.24. The molecule has 1 atom stereocenters. The van der Waals surface area contributed by atoms with Crippen LogP contribution in [0.1, 0.15) is 17.3 Å². The van der Waals surface area contributed by atoms with Crippen LogP contribution in [0.4, 0.5) is 9.18 Å². The second-order valence-electron chi connectivity index (χ2n) is 3.86. The number of rotatable bonds is 3. The molecule has 0 aliphatic heterocycles. The van der Waals surface area contributed by atoms with Gasteiger partial charge in [0.25, 0.3) is 5.91 Å². The Morgan fingerprint density at radius 2 is 1.86 bits per heavy atom. The molecule has 0 radical (unpaired) electrons. The largest absolute Gasteiger partial charge is 0.449 e. The molecule has 0 aromatic heterocycles. The second-order valence-corrected chi connectivity index (χ2v) is 4.68. The van der Waals surface area contributed by atoms with Gasteiger partial charge < -0.3 is 10.1 Å². The molecule has 0 saturated heterocycles. The van der Waals surface area contributed by atoms with Gasteiger partial charge in [0.15, 0.2) is 6.10 Å². The van der Waals surface area contributed by atoms with Gasteiger partial charge in [0, 0.05) is 7.05 Å². The molecule has 0 heterocycles. The maximum absolute atomic E-state index is 13.3. The molecule has 1 aromatic carbocycles. The zero-order chi connectivity index (χ0) is 16.2. The fourth-order valence-electron chi connectivity index (χ4n) is 1.23. The fraction of sp³-hybridized carbons (Fsp3) is 0.250. The number of halogens is 3. The van der Waals surface area contributed by atoms with E-state index in [4.69, 9.17) is 27.9 Å². The maximum Gasteiger partial charge on any atom is 0.340 e. The lowest BCUT2D eigenvalue weighted by Gasteiger charge is -2.13. The van der Waals surface area contributed by atoms with E-state index in [0.717, 1.165) is 12.1 Å². The van der Waals surface area contributed by atoms with E-state index in [0.29, 0.717) is 0 Å². The summed E-state index contributed by atoms with van der Waals surface area (Å²) in [4.78, 5) is 34.3. The molecule has 2 N–H and O–H groups in total. The van der Waals surface area contributed by atoms with E-state index in [1.54, 1.807) is 0 Å². The summed E-state index contributed by atoms with van der Waals surface area (Å²) in [6.07, 6.45) is -1.27. The summed E-state index contributed by atoms with van der Waals surface area (Å²) in [5.41, 5.74) is -0.279. The third-order valence-electron chi connectivity index (χ3n) is 2.35. The van der Waals surface area contributed by atoms with Gasteiger partial charge in [-0.05, 0) is 19.1 Å². The molecule has 0 fully saturated rings. The molecule has 0 aliphatic rings. The number of urea groups is 1. The lowest BCUT2D eigenvalue weighted by Crippen LogP contribution is -2.43. The standard InChI is InChI=1S/C12H11Cl2FN2O4/c1-5(10(18)17-12(20)16-2)21-11(19)6-3-9(15)8(14)4-7(6)13/h3-5H,1-2H3,(H2,16,17,18,20)/t5-/m1/s1. The fourth-order valence-corrected chi connectivity index (χ4v) is 1.69. The van der Waals surface area contributed by atoms with E-state index in [1.165, 1.54) is 14.0 Å². The number of imide groups is 1. The van der Waals surface area contributed by atoms with Crippen LogP contribution < -0.4 is 10.6 Å². The predicted molar refractivity (Wildman–Crippen MR) is 73.9 cm³/mol. The summed E-state index contributed by atoms with van der Waals surface area (Å²) in [7, 11) is 1.32. The average Bonchev–Trinajstić information content (AvgIpc) is 2.42. The average molecular weight is 337 g/mol. The quantitative estimate of drug-likeness (QED) is 0.654. The zero-order valence-electron chi connectivity index (χ0n) is 11.0. The van der Waals surface area contributed by atoms with E-state index < -0.39 is 29.8 Å². The van der Waals surface area contributed by atoms with Crippen LogP contribution >= 0.6 is 23.2 Å². The van der Waals surface area contributed by atoms with E-state index in [9.17, 15) is 18.8 Å². The number of nitrogens with one attached hydrogen (secondary N) is 2. The number of carbonyl (C=O) groups excluding carboxylic acids is 3. The van der Waals surface area contributed by atoms with E-state index in [-0.39, 0.29) is 15.6 Å². The van der Waals surface area contributed by atoms with E-state index in [1.807, 2.05) is 5.32 Å². The van der Waals surface area contributed by atoms with Crippen LogP contribution in [-0.2, 0) is 9.53 Å². The first-order valence-corrected chi connectivity index (χ1v) is 6.40. The van der Waals surface area contributed by atoms with Gasteiger partial charge in [-0.1, -0.05) is 23.2 Å². The Labute approximate surface area is 129 Å². The Hall–Kier alpha value is -1.86. The van der Waals surface area contributed by atoms with Crippen molar-refractivity contribution in [1.82, 2.24) is 10.6 Å². The van der Waals surface area contributed by atoms with Gasteiger partial charge in [0.05, 0.1) is 15.6 Å². The molecule has 6 nitrogen and oxygen atoms in total. The third-order valence-corrected chi connectivity index (χ3v) is 2.95. The van der Waals surface area contributed by atoms with Crippen LogP contribution in [0, 0.1) is 5.82 Å². The van der Waals surface area contributed by atoms with Crippen LogP contribution in [0.2, 0.25) is 10.0 Å². The number of ether oxygens (including phenoxy) is 1. The SMILES string of the molecule is CNC(=O)NC(=O)[C@@H](C)OC(=O)c1cc(F)c(Cl)cc1Cl. The summed E-state index contributed by atoms with van der Waals surface area (Å²) in [5.74, 6) is -2.71. The summed E-state index contributed by atoms with van der Waals surface area (Å²) >= 11 is 11.2. The zero-order valence-corrected chi connectivity index (χ0v) is 12.5. The van der Waals surface area contributed by atoms with Crippen molar-refractivity contribution in [3.05, 3.63) is 33.6 Å². The van der Waals surface area contributed by atoms with Gasteiger partial charge in [0.2, 0.25) is 0 Å². The molecule has 3 amide bonds. The van der Waals surface area contributed by atoms with Crippen molar-refractivity contribution in [3.8, 4) is 0 Å². The van der Waals surface area contributed by atoms with Crippen molar-refractivity contribution >= 4 is 41.1 Å². The Bertz CT molecular complexity index is 595. The first-order chi connectivity index (χ1) is 9.76. The third kappa shape index (κ3) is 4.57. The highest BCUT2D eigenvalue weighted by Gasteiger charge is 2.22. The maximum atomic E-state index is 13.3. The number of benzene rings is 1. The van der Waals surface area contributed by atoms with Crippen molar-refractivity contribution in [2.24, 2.45) is 0 Å². The van der Waals surface area contributed by atoms with Gasteiger partial charge >= 0.3 is 12.0 Å². The molecule has 114 valence electrons. The van der Waals surface area contributed by atoms with Crippen LogP contribution in [0.3, 0.4) is 0 Å². The Balaban J connectivity index is 2.79. The van der Waals surface area contributed by atoms with Crippen LogP contribution in [0.15, 0.2) is 12.1 Å². The van der Waals surface area contributed by atoms with Gasteiger partial charge in [-0.2, -0.15) is 0 Å². The molecule has 21 heavy (non-hydrogen) atoms. The molecule has 0 aliphatic carbocycles.